The summed E-state index contributed by atoms with van der Waals surface area (Å²) in [5.41, 5.74) is 1.44. The zero-order chi connectivity index (χ0) is 17.4. The fourth-order valence-electron chi connectivity index (χ4n) is 3.26. The lowest BCUT2D eigenvalue weighted by molar-refractivity contribution is -0.140. The Morgan fingerprint density at radius 3 is 3.16 bits per heavy atom. The Morgan fingerprint density at radius 2 is 2.32 bits per heavy atom. The van der Waals surface area contributed by atoms with Gasteiger partial charge in [0, 0.05) is 19.6 Å². The fourth-order valence-corrected chi connectivity index (χ4v) is 3.44. The highest BCUT2D eigenvalue weighted by atomic mass is 35.5. The summed E-state index contributed by atoms with van der Waals surface area (Å²) < 4.78 is 20.4. The highest BCUT2D eigenvalue weighted by Gasteiger charge is 2.34. The molecule has 0 radical (unpaired) electrons. The number of carbonyl (C=O) groups is 1. The van der Waals surface area contributed by atoms with Gasteiger partial charge in [0.2, 0.25) is 5.91 Å². The monoisotopic (exact) mass is 365 g/mol. The van der Waals surface area contributed by atoms with Gasteiger partial charge in [-0.05, 0) is 24.6 Å². The van der Waals surface area contributed by atoms with Crippen LogP contribution in [0.4, 0.5) is 4.39 Å². The molecule has 2 saturated heterocycles. The number of piperidine rings is 1. The first-order chi connectivity index (χ1) is 12.1. The minimum atomic E-state index is -0.467. The van der Waals surface area contributed by atoms with E-state index in [0.29, 0.717) is 18.8 Å². The van der Waals surface area contributed by atoms with Gasteiger partial charge in [-0.15, -0.1) is 5.10 Å². The Bertz CT molecular complexity index is 799. The first kappa shape index (κ1) is 16.4. The maximum Gasteiger partial charge on any atom is 0.246 e. The molecule has 2 atom stereocenters. The molecule has 0 aliphatic carbocycles. The lowest BCUT2D eigenvalue weighted by atomic mass is 10.0. The molecule has 2 aromatic rings. The molecule has 2 aliphatic heterocycles. The Balaban J connectivity index is 1.42. The Morgan fingerprint density at radius 1 is 1.44 bits per heavy atom. The van der Waals surface area contributed by atoms with Gasteiger partial charge >= 0.3 is 0 Å². The van der Waals surface area contributed by atoms with E-state index in [0.717, 1.165) is 18.7 Å². The van der Waals surface area contributed by atoms with Crippen LogP contribution < -0.4 is 5.32 Å². The van der Waals surface area contributed by atoms with Crippen molar-refractivity contribution >= 4 is 17.5 Å². The molecule has 3 heterocycles. The van der Waals surface area contributed by atoms with Crippen LogP contribution in [0.1, 0.15) is 12.1 Å². The highest BCUT2D eigenvalue weighted by molar-refractivity contribution is 6.30. The predicted octanol–water partition coefficient (Wildman–Crippen LogP) is 1.15. The largest absolute Gasteiger partial charge is 0.366 e. The number of hydrogen-bond acceptors (Lipinski definition) is 5. The first-order valence-electron chi connectivity index (χ1n) is 8.08. The van der Waals surface area contributed by atoms with E-state index < -0.39 is 5.82 Å². The van der Waals surface area contributed by atoms with E-state index in [2.05, 4.69) is 20.5 Å². The van der Waals surface area contributed by atoms with Crippen molar-refractivity contribution in [1.29, 1.82) is 0 Å². The molecule has 4 rings (SSSR count). The third-order valence-corrected chi connectivity index (χ3v) is 4.79. The Kier molecular flexibility index (Phi) is 4.41. The number of morpholine rings is 1. The standard InChI is InChI=1S/C16H17ClFN5O2/c17-12-5-11(1-2-13(12)18)23-7-10(20-21-23)6-22-4-3-15-14(8-22)19-16(24)9-25-15/h1-2,5,7,14-15H,3-4,6,8-9H2,(H,19,24). The molecule has 0 spiro atoms. The minimum absolute atomic E-state index is 0.0148. The molecule has 9 heteroatoms. The molecule has 2 aliphatic rings. The van der Waals surface area contributed by atoms with Crippen molar-refractivity contribution in [2.75, 3.05) is 19.7 Å². The average molecular weight is 366 g/mol. The number of benzene rings is 1. The maximum absolute atomic E-state index is 13.3. The molecule has 2 unspecified atom stereocenters. The SMILES string of the molecule is O=C1COC2CCN(Cc3cn(-c4ccc(F)c(Cl)c4)nn3)CC2N1. The van der Waals surface area contributed by atoms with Gasteiger partial charge in [-0.25, -0.2) is 9.07 Å². The van der Waals surface area contributed by atoms with E-state index in [1.165, 1.54) is 12.1 Å². The minimum Gasteiger partial charge on any atom is -0.366 e. The molecular weight excluding hydrogens is 349 g/mol. The third kappa shape index (κ3) is 3.51. The molecule has 25 heavy (non-hydrogen) atoms. The number of ether oxygens (including phenoxy) is 1. The van der Waals surface area contributed by atoms with Crippen LogP contribution in [0.5, 0.6) is 0 Å². The average Bonchev–Trinajstić information content (AvgIpc) is 3.05. The van der Waals surface area contributed by atoms with Crippen LogP contribution in [-0.2, 0) is 16.1 Å². The van der Waals surface area contributed by atoms with E-state index in [-0.39, 0.29) is 29.7 Å². The predicted molar refractivity (Wildman–Crippen MR) is 87.9 cm³/mol. The molecule has 1 N–H and O–H groups in total. The molecule has 0 saturated carbocycles. The zero-order valence-electron chi connectivity index (χ0n) is 13.4. The van der Waals surface area contributed by atoms with Gasteiger partial charge in [0.1, 0.15) is 12.4 Å². The number of nitrogens with zero attached hydrogens (tertiary/aromatic N) is 4. The summed E-state index contributed by atoms with van der Waals surface area (Å²) in [4.78, 5) is 13.7. The molecule has 132 valence electrons. The lowest BCUT2D eigenvalue weighted by Gasteiger charge is -2.40. The number of carbonyl (C=O) groups excluding carboxylic acids is 1. The van der Waals surface area contributed by atoms with Gasteiger partial charge < -0.3 is 10.1 Å². The number of aromatic nitrogens is 3. The van der Waals surface area contributed by atoms with Crippen LogP contribution in [0.25, 0.3) is 5.69 Å². The summed E-state index contributed by atoms with van der Waals surface area (Å²) >= 11 is 5.81. The normalized spacial score (nSPS) is 24.0. The van der Waals surface area contributed by atoms with Gasteiger partial charge in [0.25, 0.3) is 0 Å². The fraction of sp³-hybridized carbons (Fsp3) is 0.438. The van der Waals surface area contributed by atoms with Crippen molar-refractivity contribution < 1.29 is 13.9 Å². The summed E-state index contributed by atoms with van der Waals surface area (Å²) in [5.74, 6) is -0.535. The second-order valence-corrected chi connectivity index (χ2v) is 6.71. The van der Waals surface area contributed by atoms with Crippen LogP contribution in [0, 0.1) is 5.82 Å². The van der Waals surface area contributed by atoms with Crippen LogP contribution in [0.3, 0.4) is 0 Å². The zero-order valence-corrected chi connectivity index (χ0v) is 14.1. The summed E-state index contributed by atoms with van der Waals surface area (Å²) in [6, 6.07) is 4.42. The van der Waals surface area contributed by atoms with Crippen LogP contribution in [0.15, 0.2) is 24.4 Å². The van der Waals surface area contributed by atoms with E-state index in [9.17, 15) is 9.18 Å². The summed E-state index contributed by atoms with van der Waals surface area (Å²) in [7, 11) is 0. The number of halogens is 2. The molecule has 1 amide bonds. The van der Waals surface area contributed by atoms with Gasteiger partial charge in [-0.1, -0.05) is 16.8 Å². The number of nitrogens with one attached hydrogen (secondary N) is 1. The van der Waals surface area contributed by atoms with Gasteiger partial charge in [0.15, 0.2) is 0 Å². The number of hydrogen-bond donors (Lipinski definition) is 1. The number of rotatable bonds is 3. The van der Waals surface area contributed by atoms with Crippen LogP contribution in [-0.4, -0.2) is 57.6 Å². The molecule has 0 bridgehead atoms. The van der Waals surface area contributed by atoms with Crippen molar-refractivity contribution in [3.05, 3.63) is 40.9 Å². The summed E-state index contributed by atoms with van der Waals surface area (Å²) in [6.07, 6.45) is 2.75. The van der Waals surface area contributed by atoms with Crippen molar-refractivity contribution in [2.24, 2.45) is 0 Å². The van der Waals surface area contributed by atoms with E-state index in [4.69, 9.17) is 16.3 Å². The van der Waals surface area contributed by atoms with Crippen molar-refractivity contribution in [3.8, 4) is 5.69 Å². The number of likely N-dealkylation sites (tertiary alicyclic amines) is 1. The second kappa shape index (κ2) is 6.70. The molecular formula is C16H17ClFN5O2. The van der Waals surface area contributed by atoms with Crippen LogP contribution >= 0.6 is 11.6 Å². The Labute approximate surface area is 148 Å². The van der Waals surface area contributed by atoms with Gasteiger partial charge in [-0.3, -0.25) is 9.69 Å². The van der Waals surface area contributed by atoms with Crippen molar-refractivity contribution in [3.63, 3.8) is 0 Å². The quantitative estimate of drug-likeness (QED) is 0.883. The number of fused-ring (bicyclic) bond motifs is 1. The molecule has 2 fully saturated rings. The smallest absolute Gasteiger partial charge is 0.246 e. The van der Waals surface area contributed by atoms with E-state index >= 15 is 0 Å². The number of amides is 1. The van der Waals surface area contributed by atoms with E-state index in [1.54, 1.807) is 16.9 Å². The first-order valence-corrected chi connectivity index (χ1v) is 8.46. The van der Waals surface area contributed by atoms with Crippen molar-refractivity contribution in [2.45, 2.75) is 25.1 Å². The molecule has 1 aromatic heterocycles. The molecule has 1 aromatic carbocycles. The Hall–Kier alpha value is -2.03. The maximum atomic E-state index is 13.3. The van der Waals surface area contributed by atoms with Crippen LogP contribution in [0.2, 0.25) is 5.02 Å². The highest BCUT2D eigenvalue weighted by Crippen LogP contribution is 2.20. The third-order valence-electron chi connectivity index (χ3n) is 4.50. The lowest BCUT2D eigenvalue weighted by Crippen LogP contribution is -2.60. The summed E-state index contributed by atoms with van der Waals surface area (Å²) in [6.45, 7) is 2.35. The summed E-state index contributed by atoms with van der Waals surface area (Å²) in [5, 5.41) is 11.3. The van der Waals surface area contributed by atoms with Gasteiger partial charge in [0.05, 0.1) is 34.7 Å². The van der Waals surface area contributed by atoms with E-state index in [1.807, 2.05) is 0 Å². The van der Waals surface area contributed by atoms with Gasteiger partial charge in [-0.2, -0.15) is 0 Å². The second-order valence-electron chi connectivity index (χ2n) is 6.30. The van der Waals surface area contributed by atoms with Crippen molar-refractivity contribution in [1.82, 2.24) is 25.2 Å². The topological polar surface area (TPSA) is 72.3 Å². The molecule has 7 nitrogen and oxygen atoms in total.